The van der Waals surface area contributed by atoms with Crippen molar-refractivity contribution in [2.45, 2.75) is 31.3 Å². The van der Waals surface area contributed by atoms with Crippen LogP contribution in [-0.2, 0) is 16.6 Å². The maximum absolute atomic E-state index is 11.8. The molecule has 0 spiro atoms. The first-order valence-electron chi connectivity index (χ1n) is 5.03. The highest BCUT2D eigenvalue weighted by Gasteiger charge is 2.09. The lowest BCUT2D eigenvalue weighted by Gasteiger charge is -2.08. The Morgan fingerprint density at radius 3 is 2.87 bits per heavy atom. The molecule has 0 saturated carbocycles. The van der Waals surface area contributed by atoms with Crippen LogP contribution >= 0.6 is 0 Å². The van der Waals surface area contributed by atoms with Gasteiger partial charge in [0.2, 0.25) is 0 Å². The molecule has 1 rings (SSSR count). The van der Waals surface area contributed by atoms with E-state index >= 15 is 0 Å². The molecule has 15 heavy (non-hydrogen) atoms. The van der Waals surface area contributed by atoms with E-state index in [9.17, 15) is 4.21 Å². The first kappa shape index (κ1) is 11.9. The number of nitrogens with zero attached hydrogens (tertiary/aromatic N) is 1. The normalized spacial score (nSPS) is 14.2. The minimum absolute atomic E-state index is 0.218. The van der Waals surface area contributed by atoms with E-state index in [2.05, 4.69) is 6.07 Å². The minimum atomic E-state index is -0.835. The quantitative estimate of drug-likeness (QED) is 0.784. The van der Waals surface area contributed by atoms with E-state index in [1.54, 1.807) is 12.1 Å². The number of nitriles is 1. The van der Waals surface area contributed by atoms with Gasteiger partial charge >= 0.3 is 0 Å². The molecule has 80 valence electrons. The Kier molecular flexibility index (Phi) is 4.51. The molecule has 1 aromatic carbocycles. The van der Waals surface area contributed by atoms with Crippen molar-refractivity contribution in [2.75, 3.05) is 0 Å². The van der Waals surface area contributed by atoms with Crippen LogP contribution in [0.4, 0.5) is 0 Å². The predicted molar refractivity (Wildman–Crippen MR) is 62.8 cm³/mol. The Morgan fingerprint density at radius 2 is 2.27 bits per heavy atom. The van der Waals surface area contributed by atoms with Crippen LogP contribution in [0.25, 0.3) is 0 Å². The SMILES string of the molecule is CCC(C)S(=O)Cc1cccc(C#N)c1. The first-order valence-corrected chi connectivity index (χ1v) is 6.41. The highest BCUT2D eigenvalue weighted by atomic mass is 32.2. The topological polar surface area (TPSA) is 40.9 Å². The van der Waals surface area contributed by atoms with Crippen molar-refractivity contribution in [2.24, 2.45) is 0 Å². The summed E-state index contributed by atoms with van der Waals surface area (Å²) in [6.45, 7) is 4.03. The molecular weight excluding hydrogens is 206 g/mol. The van der Waals surface area contributed by atoms with E-state index in [4.69, 9.17) is 5.26 Å². The fourth-order valence-corrected chi connectivity index (χ4v) is 2.39. The largest absolute Gasteiger partial charge is 0.259 e. The summed E-state index contributed by atoms with van der Waals surface area (Å²) in [6.07, 6.45) is 0.921. The van der Waals surface area contributed by atoms with Gasteiger partial charge in [-0.15, -0.1) is 0 Å². The number of hydrogen-bond donors (Lipinski definition) is 0. The summed E-state index contributed by atoms with van der Waals surface area (Å²) in [5, 5.41) is 8.94. The van der Waals surface area contributed by atoms with Crippen molar-refractivity contribution in [3.05, 3.63) is 35.4 Å². The van der Waals surface area contributed by atoms with Gasteiger partial charge in [-0.3, -0.25) is 4.21 Å². The van der Waals surface area contributed by atoms with Gasteiger partial charge in [0, 0.05) is 21.8 Å². The molecule has 2 nitrogen and oxygen atoms in total. The van der Waals surface area contributed by atoms with Crippen LogP contribution in [0.15, 0.2) is 24.3 Å². The summed E-state index contributed by atoms with van der Waals surface area (Å²) in [4.78, 5) is 0. The highest BCUT2D eigenvalue weighted by molar-refractivity contribution is 7.84. The molecule has 1 aromatic rings. The highest BCUT2D eigenvalue weighted by Crippen LogP contribution is 2.11. The lowest BCUT2D eigenvalue weighted by molar-refractivity contribution is 0.669. The average Bonchev–Trinajstić information content (AvgIpc) is 2.28. The first-order chi connectivity index (χ1) is 7.17. The molecule has 0 heterocycles. The molecular formula is C12H15NOS. The van der Waals surface area contributed by atoms with Gasteiger partial charge < -0.3 is 0 Å². The van der Waals surface area contributed by atoms with Crippen LogP contribution in [0.1, 0.15) is 31.4 Å². The van der Waals surface area contributed by atoms with Gasteiger partial charge in [-0.1, -0.05) is 26.0 Å². The van der Waals surface area contributed by atoms with Crippen molar-refractivity contribution >= 4 is 10.8 Å². The van der Waals surface area contributed by atoms with Gasteiger partial charge in [0.05, 0.1) is 11.6 Å². The van der Waals surface area contributed by atoms with Crippen molar-refractivity contribution < 1.29 is 4.21 Å². The molecule has 0 aliphatic carbocycles. The van der Waals surface area contributed by atoms with Crippen LogP contribution in [0.5, 0.6) is 0 Å². The van der Waals surface area contributed by atoms with Crippen LogP contribution in [-0.4, -0.2) is 9.46 Å². The Bertz CT molecular complexity index is 395. The molecule has 0 N–H and O–H groups in total. The lowest BCUT2D eigenvalue weighted by Crippen LogP contribution is -2.11. The maximum atomic E-state index is 11.8. The van der Waals surface area contributed by atoms with Crippen LogP contribution < -0.4 is 0 Å². The third kappa shape index (κ3) is 3.49. The molecule has 2 unspecified atom stereocenters. The maximum Gasteiger partial charge on any atom is 0.0991 e. The van der Waals surface area contributed by atoms with Gasteiger partial charge in [0.1, 0.15) is 0 Å². The summed E-state index contributed by atoms with van der Waals surface area (Å²) >= 11 is 0. The second-order valence-corrected chi connectivity index (χ2v) is 5.41. The monoisotopic (exact) mass is 221 g/mol. The van der Waals surface area contributed by atoms with E-state index in [1.807, 2.05) is 26.0 Å². The smallest absolute Gasteiger partial charge is 0.0991 e. The molecule has 0 amide bonds. The third-order valence-corrected chi connectivity index (χ3v) is 4.24. The summed E-state index contributed by atoms with van der Waals surface area (Å²) in [5.74, 6) is 0.546. The molecule has 0 aliphatic heterocycles. The van der Waals surface area contributed by atoms with Gasteiger partial charge in [0.15, 0.2) is 0 Å². The van der Waals surface area contributed by atoms with E-state index in [0.717, 1.165) is 12.0 Å². The standard InChI is InChI=1S/C12H15NOS/c1-3-10(2)15(14)9-12-6-4-5-11(7-12)8-13/h4-7,10H,3,9H2,1-2H3. The number of benzene rings is 1. The Morgan fingerprint density at radius 1 is 1.53 bits per heavy atom. The van der Waals surface area contributed by atoms with E-state index < -0.39 is 10.8 Å². The van der Waals surface area contributed by atoms with Gasteiger partial charge in [-0.05, 0) is 24.1 Å². The van der Waals surface area contributed by atoms with Crippen molar-refractivity contribution in [1.29, 1.82) is 5.26 Å². The minimum Gasteiger partial charge on any atom is -0.259 e. The van der Waals surface area contributed by atoms with Gasteiger partial charge in [0.25, 0.3) is 0 Å². The second-order valence-electron chi connectivity index (χ2n) is 3.56. The molecule has 0 fully saturated rings. The fourth-order valence-electron chi connectivity index (χ4n) is 1.22. The van der Waals surface area contributed by atoms with Gasteiger partial charge in [-0.2, -0.15) is 5.26 Å². The molecule has 3 heteroatoms. The van der Waals surface area contributed by atoms with E-state index in [0.29, 0.717) is 11.3 Å². The van der Waals surface area contributed by atoms with Gasteiger partial charge in [-0.25, -0.2) is 0 Å². The Balaban J connectivity index is 2.73. The summed E-state index contributed by atoms with van der Waals surface area (Å²) in [5.41, 5.74) is 1.61. The number of hydrogen-bond acceptors (Lipinski definition) is 2. The second kappa shape index (κ2) is 5.67. The predicted octanol–water partition coefficient (Wildman–Crippen LogP) is 2.61. The van der Waals surface area contributed by atoms with Crippen LogP contribution in [0.3, 0.4) is 0 Å². The molecule has 0 radical (unpaired) electrons. The Labute approximate surface area is 93.4 Å². The zero-order valence-corrected chi connectivity index (χ0v) is 9.88. The molecule has 0 bridgehead atoms. The lowest BCUT2D eigenvalue weighted by atomic mass is 10.2. The molecule has 0 saturated heterocycles. The van der Waals surface area contributed by atoms with Crippen LogP contribution in [0.2, 0.25) is 0 Å². The molecule has 2 atom stereocenters. The van der Waals surface area contributed by atoms with Crippen LogP contribution in [0, 0.1) is 11.3 Å². The van der Waals surface area contributed by atoms with Crippen molar-refractivity contribution in [3.8, 4) is 6.07 Å². The average molecular weight is 221 g/mol. The van der Waals surface area contributed by atoms with E-state index in [-0.39, 0.29) is 5.25 Å². The zero-order valence-electron chi connectivity index (χ0n) is 9.06. The Hall–Kier alpha value is -1.14. The molecule has 0 aliphatic rings. The zero-order chi connectivity index (χ0) is 11.3. The van der Waals surface area contributed by atoms with E-state index in [1.165, 1.54) is 0 Å². The summed E-state index contributed by atoms with van der Waals surface area (Å²) in [6, 6.07) is 9.40. The molecule has 0 aromatic heterocycles. The number of rotatable bonds is 4. The third-order valence-electron chi connectivity index (χ3n) is 2.39. The fraction of sp³-hybridized carbons (Fsp3) is 0.417. The summed E-state index contributed by atoms with van der Waals surface area (Å²) in [7, 11) is -0.835. The van der Waals surface area contributed by atoms with Crippen molar-refractivity contribution in [3.63, 3.8) is 0 Å². The van der Waals surface area contributed by atoms with Crippen molar-refractivity contribution in [1.82, 2.24) is 0 Å². The summed E-state index contributed by atoms with van der Waals surface area (Å²) < 4.78 is 11.8.